The highest BCUT2D eigenvalue weighted by atomic mass is 16.3. The Bertz CT molecular complexity index is 756. The van der Waals surface area contributed by atoms with Crippen molar-refractivity contribution in [3.05, 3.63) is 41.4 Å². The van der Waals surface area contributed by atoms with Gasteiger partial charge in [-0.2, -0.15) is 0 Å². The number of piperidine rings is 1. The number of furan rings is 1. The Labute approximate surface area is 169 Å². The number of H-pyrrole nitrogens is 1. The van der Waals surface area contributed by atoms with Crippen LogP contribution in [0.2, 0.25) is 0 Å². The smallest absolute Gasteiger partial charge is 0.107 e. The molecule has 154 valence electrons. The number of imidazole rings is 1. The van der Waals surface area contributed by atoms with Gasteiger partial charge in [0, 0.05) is 37.7 Å². The van der Waals surface area contributed by atoms with E-state index in [4.69, 9.17) is 9.40 Å². The van der Waals surface area contributed by atoms with E-state index < -0.39 is 0 Å². The molecule has 0 aliphatic carbocycles. The molecule has 28 heavy (non-hydrogen) atoms. The second-order valence-electron chi connectivity index (χ2n) is 8.83. The van der Waals surface area contributed by atoms with Gasteiger partial charge in [-0.05, 0) is 57.8 Å². The number of nitrogens with zero attached hydrogens (tertiary/aromatic N) is 3. The number of aromatic amines is 1. The lowest BCUT2D eigenvalue weighted by Gasteiger charge is -2.50. The number of rotatable bonds is 7. The summed E-state index contributed by atoms with van der Waals surface area (Å²) < 4.78 is 5.82. The zero-order valence-electron chi connectivity index (χ0n) is 17.8. The maximum absolute atomic E-state index is 5.82. The van der Waals surface area contributed by atoms with E-state index in [0.717, 1.165) is 30.9 Å². The molecule has 0 bridgehead atoms. The molecule has 1 unspecified atom stereocenters. The molecular formula is C23H36N4O. The Balaban J connectivity index is 1.38. The first-order chi connectivity index (χ1) is 13.6. The number of aryl methyl sites for hydroxylation is 1. The van der Waals surface area contributed by atoms with Crippen LogP contribution in [0.1, 0.15) is 74.8 Å². The van der Waals surface area contributed by atoms with E-state index in [9.17, 15) is 0 Å². The highest BCUT2D eigenvalue weighted by Crippen LogP contribution is 2.42. The van der Waals surface area contributed by atoms with Gasteiger partial charge in [0.15, 0.2) is 0 Å². The van der Waals surface area contributed by atoms with Gasteiger partial charge in [-0.1, -0.05) is 20.3 Å². The van der Waals surface area contributed by atoms with Gasteiger partial charge in [-0.25, -0.2) is 4.98 Å². The van der Waals surface area contributed by atoms with Crippen LogP contribution in [0.15, 0.2) is 22.9 Å². The molecule has 4 heterocycles. The summed E-state index contributed by atoms with van der Waals surface area (Å²) in [6.45, 7) is 12.5. The Morgan fingerprint density at radius 1 is 1.21 bits per heavy atom. The van der Waals surface area contributed by atoms with Crippen LogP contribution in [0, 0.1) is 6.92 Å². The summed E-state index contributed by atoms with van der Waals surface area (Å²) >= 11 is 0. The zero-order valence-corrected chi connectivity index (χ0v) is 17.8. The lowest BCUT2D eigenvalue weighted by atomic mass is 9.78. The molecule has 2 aromatic heterocycles. The van der Waals surface area contributed by atoms with Crippen LogP contribution in [0.5, 0.6) is 0 Å². The Morgan fingerprint density at radius 2 is 2.04 bits per heavy atom. The van der Waals surface area contributed by atoms with Gasteiger partial charge in [0.1, 0.15) is 11.5 Å². The first-order valence-corrected chi connectivity index (χ1v) is 11.2. The Hall–Kier alpha value is -1.59. The minimum atomic E-state index is 0.156. The van der Waals surface area contributed by atoms with Gasteiger partial charge in [-0.3, -0.25) is 4.90 Å². The van der Waals surface area contributed by atoms with Crippen LogP contribution in [0.25, 0.3) is 0 Å². The van der Waals surface area contributed by atoms with E-state index in [1.807, 2.05) is 13.3 Å². The molecule has 5 heteroatoms. The van der Waals surface area contributed by atoms with E-state index in [1.54, 1.807) is 0 Å². The molecule has 1 fully saturated rings. The van der Waals surface area contributed by atoms with Crippen molar-refractivity contribution in [1.82, 2.24) is 19.8 Å². The van der Waals surface area contributed by atoms with Crippen molar-refractivity contribution in [2.45, 2.75) is 70.8 Å². The molecule has 5 nitrogen and oxygen atoms in total. The van der Waals surface area contributed by atoms with E-state index in [0.29, 0.717) is 5.92 Å². The molecule has 4 rings (SSSR count). The predicted octanol–water partition coefficient (Wildman–Crippen LogP) is 4.45. The van der Waals surface area contributed by atoms with Crippen molar-refractivity contribution < 1.29 is 4.42 Å². The van der Waals surface area contributed by atoms with Crippen molar-refractivity contribution >= 4 is 0 Å². The third-order valence-corrected chi connectivity index (χ3v) is 6.99. The number of likely N-dealkylation sites (tertiary alicyclic amines) is 1. The molecular weight excluding hydrogens is 348 g/mol. The minimum absolute atomic E-state index is 0.156. The predicted molar refractivity (Wildman–Crippen MR) is 113 cm³/mol. The summed E-state index contributed by atoms with van der Waals surface area (Å²) in [7, 11) is 0. The molecule has 1 spiro atoms. The first kappa shape index (κ1) is 19.7. The number of hydrogen-bond acceptors (Lipinski definition) is 4. The molecule has 0 radical (unpaired) electrons. The van der Waals surface area contributed by atoms with Crippen LogP contribution >= 0.6 is 0 Å². The summed E-state index contributed by atoms with van der Waals surface area (Å²) in [5.74, 6) is 2.63. The number of hydrogen-bond donors (Lipinski definition) is 1. The lowest BCUT2D eigenvalue weighted by Crippen LogP contribution is -2.56. The number of unbranched alkanes of at least 4 members (excludes halogenated alkanes) is 1. The second kappa shape index (κ2) is 8.42. The van der Waals surface area contributed by atoms with E-state index in [1.165, 1.54) is 63.3 Å². The van der Waals surface area contributed by atoms with E-state index in [2.05, 4.69) is 40.8 Å². The summed E-state index contributed by atoms with van der Waals surface area (Å²) in [6.07, 6.45) is 9.13. The molecule has 0 saturated carbocycles. The Kier molecular flexibility index (Phi) is 5.93. The molecule has 0 aromatic carbocycles. The third kappa shape index (κ3) is 3.79. The van der Waals surface area contributed by atoms with Crippen LogP contribution in [0.3, 0.4) is 0 Å². The van der Waals surface area contributed by atoms with E-state index in [-0.39, 0.29) is 5.54 Å². The second-order valence-corrected chi connectivity index (χ2v) is 8.83. The third-order valence-electron chi connectivity index (χ3n) is 6.99. The fourth-order valence-corrected chi connectivity index (χ4v) is 5.13. The highest BCUT2D eigenvalue weighted by Gasteiger charge is 2.46. The van der Waals surface area contributed by atoms with Gasteiger partial charge < -0.3 is 14.3 Å². The maximum Gasteiger partial charge on any atom is 0.107 e. The average molecular weight is 385 g/mol. The van der Waals surface area contributed by atoms with Crippen molar-refractivity contribution in [2.75, 3.05) is 32.7 Å². The summed E-state index contributed by atoms with van der Waals surface area (Å²) in [5.41, 5.74) is 2.88. The Morgan fingerprint density at radius 3 is 2.75 bits per heavy atom. The summed E-state index contributed by atoms with van der Waals surface area (Å²) in [5, 5.41) is 0. The molecule has 1 atom stereocenters. The number of aromatic nitrogens is 2. The van der Waals surface area contributed by atoms with Gasteiger partial charge in [0.2, 0.25) is 0 Å². The topological polar surface area (TPSA) is 48.3 Å². The highest BCUT2D eigenvalue weighted by molar-refractivity contribution is 5.26. The van der Waals surface area contributed by atoms with Crippen molar-refractivity contribution in [3.8, 4) is 0 Å². The van der Waals surface area contributed by atoms with Crippen LogP contribution in [-0.4, -0.2) is 52.5 Å². The molecule has 1 N–H and O–H groups in total. The lowest BCUT2D eigenvalue weighted by molar-refractivity contribution is 0.00407. The van der Waals surface area contributed by atoms with Gasteiger partial charge in [-0.15, -0.1) is 0 Å². The molecule has 2 aromatic rings. The molecule has 1 saturated heterocycles. The molecule has 2 aliphatic heterocycles. The molecule has 2 aliphatic rings. The average Bonchev–Trinajstić information content (AvgIpc) is 3.36. The number of fused-ring (bicyclic) bond motifs is 2. The van der Waals surface area contributed by atoms with Crippen LogP contribution in [-0.2, 0) is 12.0 Å². The van der Waals surface area contributed by atoms with Crippen LogP contribution in [0.4, 0.5) is 0 Å². The minimum Gasteiger partial charge on any atom is -0.466 e. The van der Waals surface area contributed by atoms with Crippen LogP contribution < -0.4 is 0 Å². The van der Waals surface area contributed by atoms with E-state index >= 15 is 0 Å². The fourth-order valence-electron chi connectivity index (χ4n) is 5.13. The van der Waals surface area contributed by atoms with Gasteiger partial charge in [0.25, 0.3) is 0 Å². The van der Waals surface area contributed by atoms with Gasteiger partial charge in [0.05, 0.1) is 17.6 Å². The SMILES string of the molecule is CCCCN1CCc2[nH]cnc2C12CCN(CCC(C)c1ccc(C)o1)CC2. The molecule has 0 amide bonds. The van der Waals surface area contributed by atoms with Crippen molar-refractivity contribution in [2.24, 2.45) is 0 Å². The standard InChI is InChI=1S/C23H36N4O/c1-4-5-12-27-14-9-20-22(25-17-24-20)23(27)10-15-26(16-11-23)13-8-18(2)21-7-6-19(3)28-21/h6-7,17-18H,4-5,8-16H2,1-3H3,(H,24,25). The fraction of sp³-hybridized carbons (Fsp3) is 0.696. The first-order valence-electron chi connectivity index (χ1n) is 11.2. The zero-order chi connectivity index (χ0) is 19.6. The van der Waals surface area contributed by atoms with Crippen molar-refractivity contribution in [1.29, 1.82) is 0 Å². The van der Waals surface area contributed by atoms with Gasteiger partial charge >= 0.3 is 0 Å². The normalized spacial score (nSPS) is 21.1. The number of nitrogens with one attached hydrogen (secondary N) is 1. The largest absolute Gasteiger partial charge is 0.466 e. The summed E-state index contributed by atoms with van der Waals surface area (Å²) in [4.78, 5) is 13.6. The summed E-state index contributed by atoms with van der Waals surface area (Å²) in [6, 6.07) is 4.21. The quantitative estimate of drug-likeness (QED) is 0.766. The maximum atomic E-state index is 5.82. The van der Waals surface area contributed by atoms with Crippen molar-refractivity contribution in [3.63, 3.8) is 0 Å². The monoisotopic (exact) mass is 384 g/mol.